The summed E-state index contributed by atoms with van der Waals surface area (Å²) in [4.78, 5) is 0. The van der Waals surface area contributed by atoms with Crippen molar-refractivity contribution in [3.8, 4) is 0 Å². The Bertz CT molecular complexity index is 296. The van der Waals surface area contributed by atoms with Crippen LogP contribution in [0.25, 0.3) is 0 Å². The van der Waals surface area contributed by atoms with E-state index in [2.05, 4.69) is 25.2 Å². The molecule has 0 aliphatic heterocycles. The fraction of sp³-hybridized carbons (Fsp3) is 0.714. The zero-order valence-corrected chi connectivity index (χ0v) is 11.3. The van der Waals surface area contributed by atoms with Crippen LogP contribution in [0.4, 0.5) is 0 Å². The second-order valence-corrected chi connectivity index (χ2v) is 4.29. The second-order valence-electron chi connectivity index (χ2n) is 4.29. The summed E-state index contributed by atoms with van der Waals surface area (Å²) in [6.07, 6.45) is 6.08. The Balaban J connectivity index is 2.60. The highest BCUT2D eigenvalue weighted by Gasteiger charge is 2.15. The number of furan rings is 1. The zero-order valence-electron chi connectivity index (χ0n) is 11.3. The van der Waals surface area contributed by atoms with Crippen LogP contribution in [0.15, 0.2) is 16.7 Å². The van der Waals surface area contributed by atoms with Crippen LogP contribution >= 0.6 is 0 Å². The molecule has 0 radical (unpaired) electrons. The number of hydrogen-bond donors (Lipinski definition) is 1. The van der Waals surface area contributed by atoms with Gasteiger partial charge in [-0.15, -0.1) is 0 Å². The van der Waals surface area contributed by atoms with Crippen LogP contribution in [0.2, 0.25) is 0 Å². The predicted octanol–water partition coefficient (Wildman–Crippen LogP) is 3.31. The van der Waals surface area contributed by atoms with Crippen molar-refractivity contribution in [2.75, 3.05) is 20.3 Å². The Morgan fingerprint density at radius 3 is 2.88 bits per heavy atom. The lowest BCUT2D eigenvalue weighted by Gasteiger charge is -2.18. The van der Waals surface area contributed by atoms with E-state index < -0.39 is 0 Å². The molecule has 0 spiro atoms. The fourth-order valence-electron chi connectivity index (χ4n) is 2.07. The minimum absolute atomic E-state index is 0.402. The standard InChI is InChI=1S/C14H25NO2/c1-4-9-15-13(7-6-10-16-3)12-8-11-17-14(12)5-2/h8,11,13,15H,4-7,9-10H2,1-3H3. The summed E-state index contributed by atoms with van der Waals surface area (Å²) in [5.74, 6) is 1.11. The molecule has 1 rings (SSSR count). The van der Waals surface area contributed by atoms with Crippen molar-refractivity contribution >= 4 is 0 Å². The molecule has 1 atom stereocenters. The molecule has 3 heteroatoms. The van der Waals surface area contributed by atoms with E-state index in [1.807, 2.05) is 0 Å². The number of ether oxygens (including phenoxy) is 1. The molecule has 1 aromatic rings. The van der Waals surface area contributed by atoms with Gasteiger partial charge >= 0.3 is 0 Å². The van der Waals surface area contributed by atoms with Gasteiger partial charge in [0.1, 0.15) is 5.76 Å². The average molecular weight is 239 g/mol. The SMILES string of the molecule is CCCNC(CCCOC)c1ccoc1CC. The predicted molar refractivity (Wildman–Crippen MR) is 70.2 cm³/mol. The van der Waals surface area contributed by atoms with Crippen LogP contribution in [0.3, 0.4) is 0 Å². The molecule has 1 unspecified atom stereocenters. The van der Waals surface area contributed by atoms with Crippen molar-refractivity contribution < 1.29 is 9.15 Å². The van der Waals surface area contributed by atoms with E-state index >= 15 is 0 Å². The lowest BCUT2D eigenvalue weighted by molar-refractivity contribution is 0.188. The zero-order chi connectivity index (χ0) is 12.5. The highest BCUT2D eigenvalue weighted by Crippen LogP contribution is 2.24. The Hall–Kier alpha value is -0.800. The molecule has 0 amide bonds. The van der Waals surface area contributed by atoms with Crippen molar-refractivity contribution in [2.45, 2.75) is 45.6 Å². The third-order valence-corrected chi connectivity index (χ3v) is 2.96. The van der Waals surface area contributed by atoms with E-state index in [9.17, 15) is 0 Å². The van der Waals surface area contributed by atoms with Gasteiger partial charge in [-0.3, -0.25) is 0 Å². The number of hydrogen-bond acceptors (Lipinski definition) is 3. The molecule has 0 saturated carbocycles. The molecule has 0 aliphatic rings. The third-order valence-electron chi connectivity index (χ3n) is 2.96. The third kappa shape index (κ3) is 4.52. The first-order valence-corrected chi connectivity index (χ1v) is 6.62. The van der Waals surface area contributed by atoms with Gasteiger partial charge in [0.15, 0.2) is 0 Å². The van der Waals surface area contributed by atoms with E-state index in [0.717, 1.165) is 44.6 Å². The molecule has 1 N–H and O–H groups in total. The van der Waals surface area contributed by atoms with Gasteiger partial charge < -0.3 is 14.5 Å². The normalized spacial score (nSPS) is 12.9. The van der Waals surface area contributed by atoms with Crippen molar-refractivity contribution in [3.63, 3.8) is 0 Å². The summed E-state index contributed by atoms with van der Waals surface area (Å²) in [7, 11) is 1.75. The van der Waals surface area contributed by atoms with Crippen LogP contribution in [0, 0.1) is 0 Å². The molecule has 98 valence electrons. The maximum absolute atomic E-state index is 5.51. The van der Waals surface area contributed by atoms with Crippen LogP contribution in [-0.2, 0) is 11.2 Å². The summed E-state index contributed by atoms with van der Waals surface area (Å²) < 4.78 is 10.6. The maximum atomic E-state index is 5.51. The molecule has 3 nitrogen and oxygen atoms in total. The topological polar surface area (TPSA) is 34.4 Å². The minimum atomic E-state index is 0.402. The summed E-state index contributed by atoms with van der Waals surface area (Å²) in [5, 5.41) is 3.59. The molecule has 1 heterocycles. The summed E-state index contributed by atoms with van der Waals surface area (Å²) in [5.41, 5.74) is 1.32. The lowest BCUT2D eigenvalue weighted by Crippen LogP contribution is -2.23. The van der Waals surface area contributed by atoms with Crippen LogP contribution < -0.4 is 5.32 Å². The summed E-state index contributed by atoms with van der Waals surface area (Å²) in [6.45, 7) is 6.19. The van der Waals surface area contributed by atoms with Gasteiger partial charge in [-0.25, -0.2) is 0 Å². The first kappa shape index (κ1) is 14.3. The van der Waals surface area contributed by atoms with Gasteiger partial charge in [-0.1, -0.05) is 13.8 Å². The molecule has 0 bridgehead atoms. The fourth-order valence-corrected chi connectivity index (χ4v) is 2.07. The number of nitrogens with one attached hydrogen (secondary N) is 1. The first-order valence-electron chi connectivity index (χ1n) is 6.62. The molecule has 0 fully saturated rings. The Labute approximate surface area is 105 Å². The highest BCUT2D eigenvalue weighted by atomic mass is 16.5. The van der Waals surface area contributed by atoms with Gasteiger partial charge in [0.05, 0.1) is 6.26 Å². The first-order chi connectivity index (χ1) is 8.33. The highest BCUT2D eigenvalue weighted by molar-refractivity contribution is 5.21. The van der Waals surface area contributed by atoms with Crippen molar-refractivity contribution in [3.05, 3.63) is 23.7 Å². The Morgan fingerprint density at radius 2 is 2.24 bits per heavy atom. The van der Waals surface area contributed by atoms with Gasteiger partial charge in [-0.2, -0.15) is 0 Å². The molecule has 1 aromatic heterocycles. The van der Waals surface area contributed by atoms with E-state index in [-0.39, 0.29) is 0 Å². The van der Waals surface area contributed by atoms with Crippen LogP contribution in [0.1, 0.15) is 50.5 Å². The summed E-state index contributed by atoms with van der Waals surface area (Å²) in [6, 6.07) is 2.50. The number of rotatable bonds is 9. The quantitative estimate of drug-likeness (QED) is 0.671. The molecular weight excluding hydrogens is 214 g/mol. The molecule has 0 aromatic carbocycles. The van der Waals surface area contributed by atoms with E-state index in [1.54, 1.807) is 13.4 Å². The van der Waals surface area contributed by atoms with Crippen LogP contribution in [-0.4, -0.2) is 20.3 Å². The van der Waals surface area contributed by atoms with Crippen molar-refractivity contribution in [1.29, 1.82) is 0 Å². The van der Waals surface area contributed by atoms with Gasteiger partial charge in [-0.05, 0) is 31.9 Å². The monoisotopic (exact) mass is 239 g/mol. The van der Waals surface area contributed by atoms with Gasteiger partial charge in [0.25, 0.3) is 0 Å². The number of methoxy groups -OCH3 is 1. The summed E-state index contributed by atoms with van der Waals surface area (Å²) >= 11 is 0. The smallest absolute Gasteiger partial charge is 0.108 e. The molecule has 17 heavy (non-hydrogen) atoms. The minimum Gasteiger partial charge on any atom is -0.469 e. The van der Waals surface area contributed by atoms with Gasteiger partial charge in [0, 0.05) is 31.7 Å². The molecular formula is C14H25NO2. The second kappa shape index (κ2) is 8.31. The number of aryl methyl sites for hydroxylation is 1. The van der Waals surface area contributed by atoms with Gasteiger partial charge in [0.2, 0.25) is 0 Å². The largest absolute Gasteiger partial charge is 0.469 e. The van der Waals surface area contributed by atoms with E-state index in [4.69, 9.17) is 9.15 Å². The van der Waals surface area contributed by atoms with E-state index in [1.165, 1.54) is 5.56 Å². The molecule has 0 saturated heterocycles. The average Bonchev–Trinajstić information content (AvgIpc) is 2.81. The van der Waals surface area contributed by atoms with Crippen molar-refractivity contribution in [1.82, 2.24) is 5.32 Å². The van der Waals surface area contributed by atoms with Crippen molar-refractivity contribution in [2.24, 2.45) is 0 Å². The molecule has 0 aliphatic carbocycles. The Kier molecular flexibility index (Phi) is 6.97. The Morgan fingerprint density at radius 1 is 1.41 bits per heavy atom. The maximum Gasteiger partial charge on any atom is 0.108 e. The lowest BCUT2D eigenvalue weighted by atomic mass is 10.0. The van der Waals surface area contributed by atoms with E-state index in [0.29, 0.717) is 6.04 Å². The van der Waals surface area contributed by atoms with Crippen LogP contribution in [0.5, 0.6) is 0 Å².